The number of halogens is 1. The molecular formula is C17H24ClN3. The van der Waals surface area contributed by atoms with Crippen LogP contribution >= 0.6 is 11.6 Å². The smallest absolute Gasteiger partial charge is 0.127 e. The van der Waals surface area contributed by atoms with Gasteiger partial charge in [-0.05, 0) is 56.8 Å². The van der Waals surface area contributed by atoms with Crippen molar-refractivity contribution in [2.75, 3.05) is 6.54 Å². The van der Waals surface area contributed by atoms with Crippen molar-refractivity contribution in [1.29, 1.82) is 0 Å². The van der Waals surface area contributed by atoms with Crippen LogP contribution in [0.3, 0.4) is 0 Å². The van der Waals surface area contributed by atoms with E-state index in [2.05, 4.69) is 43.6 Å². The minimum atomic E-state index is 0.218. The molecule has 1 saturated heterocycles. The highest BCUT2D eigenvalue weighted by atomic mass is 35.5. The molecule has 0 amide bonds. The van der Waals surface area contributed by atoms with E-state index in [9.17, 15) is 0 Å². The molecule has 4 heteroatoms. The van der Waals surface area contributed by atoms with Gasteiger partial charge < -0.3 is 9.88 Å². The van der Waals surface area contributed by atoms with E-state index >= 15 is 0 Å². The normalized spacial score (nSPS) is 22.1. The topological polar surface area (TPSA) is 29.9 Å². The lowest BCUT2D eigenvalue weighted by atomic mass is 9.77. The molecule has 2 aromatic rings. The molecule has 1 aromatic carbocycles. The molecule has 0 saturated carbocycles. The van der Waals surface area contributed by atoms with Crippen molar-refractivity contribution in [3.63, 3.8) is 0 Å². The van der Waals surface area contributed by atoms with Crippen LogP contribution in [0.2, 0.25) is 5.02 Å². The highest BCUT2D eigenvalue weighted by Crippen LogP contribution is 2.41. The fraction of sp³-hybridized carbons (Fsp3) is 0.588. The van der Waals surface area contributed by atoms with E-state index in [4.69, 9.17) is 16.6 Å². The molecule has 1 aromatic heterocycles. The Kier molecular flexibility index (Phi) is 3.74. The molecular weight excluding hydrogens is 282 g/mol. The number of nitrogens with zero attached hydrogens (tertiary/aromatic N) is 2. The minimum Gasteiger partial charge on any atom is -0.324 e. The van der Waals surface area contributed by atoms with Gasteiger partial charge in [0.25, 0.3) is 0 Å². The number of hydrogen-bond acceptors (Lipinski definition) is 2. The van der Waals surface area contributed by atoms with Crippen LogP contribution in [-0.4, -0.2) is 16.1 Å². The van der Waals surface area contributed by atoms with Gasteiger partial charge in [0, 0.05) is 11.1 Å². The molecule has 1 fully saturated rings. The molecule has 0 radical (unpaired) electrons. The maximum Gasteiger partial charge on any atom is 0.127 e. The molecule has 0 aliphatic carbocycles. The van der Waals surface area contributed by atoms with E-state index in [0.717, 1.165) is 22.9 Å². The summed E-state index contributed by atoms with van der Waals surface area (Å²) in [6.07, 6.45) is 2.46. The van der Waals surface area contributed by atoms with E-state index in [1.54, 1.807) is 0 Å². The van der Waals surface area contributed by atoms with Crippen molar-refractivity contribution < 1.29 is 0 Å². The SMILES string of the molecule is CC(C)n1c(C2NCCCC2(C)C)nc2cc(Cl)ccc21. The molecule has 0 spiro atoms. The maximum atomic E-state index is 6.14. The van der Waals surface area contributed by atoms with Crippen molar-refractivity contribution in [3.05, 3.63) is 29.0 Å². The van der Waals surface area contributed by atoms with Crippen molar-refractivity contribution in [2.45, 2.75) is 52.6 Å². The highest BCUT2D eigenvalue weighted by Gasteiger charge is 2.36. The molecule has 2 heterocycles. The predicted octanol–water partition coefficient (Wildman–Crippen LogP) is 4.72. The Morgan fingerprint density at radius 1 is 1.38 bits per heavy atom. The zero-order chi connectivity index (χ0) is 15.2. The van der Waals surface area contributed by atoms with Crippen LogP contribution in [0.15, 0.2) is 18.2 Å². The molecule has 3 nitrogen and oxygen atoms in total. The summed E-state index contributed by atoms with van der Waals surface area (Å²) in [6.45, 7) is 10.2. The Hall–Kier alpha value is -1.06. The fourth-order valence-corrected chi connectivity index (χ4v) is 3.66. The van der Waals surface area contributed by atoms with Crippen molar-refractivity contribution in [3.8, 4) is 0 Å². The van der Waals surface area contributed by atoms with Gasteiger partial charge in [-0.1, -0.05) is 25.4 Å². The summed E-state index contributed by atoms with van der Waals surface area (Å²) in [4.78, 5) is 4.93. The first-order valence-corrected chi connectivity index (χ1v) is 8.19. The molecule has 0 bridgehead atoms. The first-order valence-electron chi connectivity index (χ1n) is 7.81. The number of rotatable bonds is 2. The number of hydrogen-bond donors (Lipinski definition) is 1. The van der Waals surface area contributed by atoms with Gasteiger partial charge >= 0.3 is 0 Å². The summed E-state index contributed by atoms with van der Waals surface area (Å²) in [5.74, 6) is 1.15. The van der Waals surface area contributed by atoms with E-state index in [1.807, 2.05) is 12.1 Å². The van der Waals surface area contributed by atoms with Crippen molar-refractivity contribution in [1.82, 2.24) is 14.9 Å². The Labute approximate surface area is 131 Å². The first-order chi connectivity index (χ1) is 9.90. The second kappa shape index (κ2) is 5.29. The maximum absolute atomic E-state index is 6.14. The van der Waals surface area contributed by atoms with E-state index in [-0.39, 0.29) is 5.41 Å². The number of aromatic nitrogens is 2. The van der Waals surface area contributed by atoms with E-state index in [1.165, 1.54) is 18.4 Å². The molecule has 1 unspecified atom stereocenters. The zero-order valence-electron chi connectivity index (χ0n) is 13.3. The van der Waals surface area contributed by atoms with Gasteiger partial charge in [0.05, 0.1) is 17.1 Å². The van der Waals surface area contributed by atoms with Crippen molar-refractivity contribution in [2.24, 2.45) is 5.41 Å². The third-order valence-electron chi connectivity index (χ3n) is 4.58. The third-order valence-corrected chi connectivity index (χ3v) is 4.82. The molecule has 1 atom stereocenters. The summed E-state index contributed by atoms with van der Waals surface area (Å²) < 4.78 is 2.36. The molecule has 1 aliphatic rings. The second-order valence-corrected chi connectivity index (χ2v) is 7.48. The summed E-state index contributed by atoms with van der Waals surface area (Å²) in [5.41, 5.74) is 2.39. The summed E-state index contributed by atoms with van der Waals surface area (Å²) in [5, 5.41) is 4.43. The molecule has 1 N–H and O–H groups in total. The van der Waals surface area contributed by atoms with Gasteiger partial charge in [-0.2, -0.15) is 0 Å². The zero-order valence-corrected chi connectivity index (χ0v) is 14.0. The number of benzene rings is 1. The van der Waals surface area contributed by atoms with E-state index in [0.29, 0.717) is 12.1 Å². The average Bonchev–Trinajstić information content (AvgIpc) is 2.76. The molecule has 1 aliphatic heterocycles. The van der Waals surface area contributed by atoms with Crippen LogP contribution < -0.4 is 5.32 Å². The monoisotopic (exact) mass is 305 g/mol. The van der Waals surface area contributed by atoms with Crippen molar-refractivity contribution >= 4 is 22.6 Å². The van der Waals surface area contributed by atoms with Gasteiger partial charge in [-0.25, -0.2) is 4.98 Å². The van der Waals surface area contributed by atoms with Gasteiger partial charge in [0.1, 0.15) is 5.82 Å². The summed E-state index contributed by atoms with van der Waals surface area (Å²) >= 11 is 6.14. The summed E-state index contributed by atoms with van der Waals surface area (Å²) in [7, 11) is 0. The fourth-order valence-electron chi connectivity index (χ4n) is 3.49. The Balaban J connectivity index is 2.19. The Morgan fingerprint density at radius 2 is 2.14 bits per heavy atom. The minimum absolute atomic E-state index is 0.218. The Morgan fingerprint density at radius 3 is 2.81 bits per heavy atom. The number of nitrogens with one attached hydrogen (secondary N) is 1. The Bertz CT molecular complexity index is 657. The average molecular weight is 306 g/mol. The highest BCUT2D eigenvalue weighted by molar-refractivity contribution is 6.31. The lowest BCUT2D eigenvalue weighted by Crippen LogP contribution is -2.41. The van der Waals surface area contributed by atoms with E-state index < -0.39 is 0 Å². The lowest BCUT2D eigenvalue weighted by molar-refractivity contribution is 0.169. The quantitative estimate of drug-likeness (QED) is 0.870. The molecule has 21 heavy (non-hydrogen) atoms. The number of piperidine rings is 1. The van der Waals surface area contributed by atoms with Gasteiger partial charge in [-0.3, -0.25) is 0 Å². The third kappa shape index (κ3) is 2.58. The standard InChI is InChI=1S/C17H24ClN3/c1-11(2)21-14-7-6-12(18)10-13(14)20-16(21)15-17(3,4)8-5-9-19-15/h6-7,10-11,15,19H,5,8-9H2,1-4H3. The first kappa shape index (κ1) is 14.9. The van der Waals surface area contributed by atoms with Gasteiger partial charge in [0.15, 0.2) is 0 Å². The van der Waals surface area contributed by atoms with Crippen LogP contribution in [0.5, 0.6) is 0 Å². The lowest BCUT2D eigenvalue weighted by Gasteiger charge is -2.39. The van der Waals surface area contributed by atoms with Crippen LogP contribution in [0.1, 0.15) is 58.4 Å². The predicted molar refractivity (Wildman–Crippen MR) is 88.9 cm³/mol. The van der Waals surface area contributed by atoms with Crippen LogP contribution in [-0.2, 0) is 0 Å². The van der Waals surface area contributed by atoms with Gasteiger partial charge in [-0.15, -0.1) is 0 Å². The number of imidazole rings is 1. The molecule has 114 valence electrons. The second-order valence-electron chi connectivity index (χ2n) is 7.05. The van der Waals surface area contributed by atoms with Crippen LogP contribution in [0.25, 0.3) is 11.0 Å². The van der Waals surface area contributed by atoms with Crippen LogP contribution in [0, 0.1) is 5.41 Å². The largest absolute Gasteiger partial charge is 0.324 e. The number of fused-ring (bicyclic) bond motifs is 1. The van der Waals surface area contributed by atoms with Crippen LogP contribution in [0.4, 0.5) is 0 Å². The van der Waals surface area contributed by atoms with Gasteiger partial charge in [0.2, 0.25) is 0 Å². The molecule has 3 rings (SSSR count). The summed E-state index contributed by atoms with van der Waals surface area (Å²) in [6, 6.07) is 6.68.